The Kier molecular flexibility index (Phi) is 6.41. The van der Waals surface area contributed by atoms with Gasteiger partial charge < -0.3 is 9.64 Å². The summed E-state index contributed by atoms with van der Waals surface area (Å²) in [5.74, 6) is 0.370. The smallest absolute Gasteiger partial charge is 0.229 e. The molecule has 2 aromatic carbocycles. The van der Waals surface area contributed by atoms with Gasteiger partial charge in [0.05, 0.1) is 10.9 Å². The van der Waals surface area contributed by atoms with Crippen molar-refractivity contribution in [3.8, 4) is 0 Å². The van der Waals surface area contributed by atoms with E-state index in [4.69, 9.17) is 4.74 Å². The van der Waals surface area contributed by atoms with Crippen LogP contribution >= 0.6 is 0 Å². The van der Waals surface area contributed by atoms with Gasteiger partial charge in [0, 0.05) is 37.9 Å². The molecule has 0 spiro atoms. The van der Waals surface area contributed by atoms with Gasteiger partial charge in [0.15, 0.2) is 0 Å². The minimum atomic E-state index is -0.578. The molecule has 1 unspecified atom stereocenters. The van der Waals surface area contributed by atoms with Crippen molar-refractivity contribution in [3.63, 3.8) is 0 Å². The number of benzene rings is 2. The average Bonchev–Trinajstić information content (AvgIpc) is 2.86. The summed E-state index contributed by atoms with van der Waals surface area (Å²) in [7, 11) is 0. The number of ether oxygens (including phenoxy) is 1. The summed E-state index contributed by atoms with van der Waals surface area (Å²) < 4.78 is 20.1. The molecule has 1 amide bonds. The van der Waals surface area contributed by atoms with Crippen molar-refractivity contribution in [2.24, 2.45) is 11.3 Å². The quantitative estimate of drug-likeness (QED) is 0.541. The number of halogens is 1. The number of hydrogen-bond acceptors (Lipinski definition) is 3. The Morgan fingerprint density at radius 3 is 2.73 bits per heavy atom. The first kappa shape index (κ1) is 22.0. The molecule has 0 bridgehead atoms. The molecule has 0 N–H and O–H groups in total. The number of hydrogen-bond donors (Lipinski definition) is 0. The van der Waals surface area contributed by atoms with Crippen LogP contribution in [0, 0.1) is 17.2 Å². The highest BCUT2D eigenvalue weighted by Gasteiger charge is 2.44. The molecule has 1 atom stereocenters. The predicted molar refractivity (Wildman–Crippen MR) is 127 cm³/mol. The average molecular weight is 447 g/mol. The second-order valence-electron chi connectivity index (χ2n) is 9.61. The zero-order chi connectivity index (χ0) is 22.7. The summed E-state index contributed by atoms with van der Waals surface area (Å²) in [6, 6.07) is 17.3. The summed E-state index contributed by atoms with van der Waals surface area (Å²) in [6.45, 7) is 2.66. The Morgan fingerprint density at radius 2 is 1.88 bits per heavy atom. The molecular weight excluding hydrogens is 415 g/mol. The number of amides is 1. The van der Waals surface area contributed by atoms with Crippen LogP contribution in [-0.4, -0.2) is 42.1 Å². The molecule has 0 radical (unpaired) electrons. The highest BCUT2D eigenvalue weighted by molar-refractivity contribution is 5.84. The van der Waals surface area contributed by atoms with E-state index in [9.17, 15) is 9.18 Å². The molecule has 172 valence electrons. The minimum Gasteiger partial charge on any atom is -0.381 e. The number of piperidine rings is 1. The summed E-state index contributed by atoms with van der Waals surface area (Å²) >= 11 is 0. The van der Waals surface area contributed by atoms with E-state index in [1.807, 2.05) is 30.5 Å². The van der Waals surface area contributed by atoms with Crippen molar-refractivity contribution in [2.75, 3.05) is 26.3 Å². The summed E-state index contributed by atoms with van der Waals surface area (Å²) in [5, 5.41) is 1.20. The number of nitrogens with zero attached hydrogens (tertiary/aromatic N) is 2. The van der Waals surface area contributed by atoms with Crippen molar-refractivity contribution in [3.05, 3.63) is 77.7 Å². The van der Waals surface area contributed by atoms with E-state index in [0.717, 1.165) is 37.9 Å². The minimum absolute atomic E-state index is 0.179. The van der Waals surface area contributed by atoms with Crippen molar-refractivity contribution in [2.45, 2.75) is 38.5 Å². The molecule has 5 rings (SSSR count). The Bertz CT molecular complexity index is 1120. The van der Waals surface area contributed by atoms with Gasteiger partial charge in [-0.2, -0.15) is 0 Å². The summed E-state index contributed by atoms with van der Waals surface area (Å²) in [5.41, 5.74) is 2.37. The van der Waals surface area contributed by atoms with Crippen LogP contribution in [0.5, 0.6) is 0 Å². The van der Waals surface area contributed by atoms with Gasteiger partial charge in [-0.05, 0) is 73.8 Å². The fourth-order valence-electron chi connectivity index (χ4n) is 5.64. The second-order valence-corrected chi connectivity index (χ2v) is 9.61. The van der Waals surface area contributed by atoms with E-state index >= 15 is 0 Å². The van der Waals surface area contributed by atoms with E-state index in [2.05, 4.69) is 28.1 Å². The fraction of sp³-hybridized carbons (Fsp3) is 0.429. The molecule has 1 aromatic heterocycles. The Labute approximate surface area is 194 Å². The summed E-state index contributed by atoms with van der Waals surface area (Å²) in [4.78, 5) is 20.5. The SMILES string of the molecule is O=C(N1CCCC(Cc2cccc3ncccc23)C1)C1(Cc2ccccc2F)CCOCC1. The lowest BCUT2D eigenvalue weighted by Gasteiger charge is -2.42. The lowest BCUT2D eigenvalue weighted by atomic mass is 9.73. The van der Waals surface area contributed by atoms with Gasteiger partial charge in [-0.3, -0.25) is 9.78 Å². The van der Waals surface area contributed by atoms with Gasteiger partial charge in [0.25, 0.3) is 0 Å². The molecule has 0 saturated carbocycles. The van der Waals surface area contributed by atoms with Crippen LogP contribution in [0.4, 0.5) is 4.39 Å². The number of pyridine rings is 1. The van der Waals surface area contributed by atoms with Gasteiger partial charge in [0.1, 0.15) is 5.82 Å². The van der Waals surface area contributed by atoms with Gasteiger partial charge in [0.2, 0.25) is 5.91 Å². The first-order chi connectivity index (χ1) is 16.1. The van der Waals surface area contributed by atoms with E-state index in [1.165, 1.54) is 17.0 Å². The monoisotopic (exact) mass is 446 g/mol. The molecule has 2 aliphatic rings. The predicted octanol–water partition coefficient (Wildman–Crippen LogP) is 5.19. The highest BCUT2D eigenvalue weighted by atomic mass is 19.1. The molecule has 0 aliphatic carbocycles. The van der Waals surface area contributed by atoms with E-state index in [1.54, 1.807) is 6.07 Å². The maximum atomic E-state index is 14.5. The van der Waals surface area contributed by atoms with Crippen molar-refractivity contribution in [1.29, 1.82) is 0 Å². The van der Waals surface area contributed by atoms with Crippen LogP contribution < -0.4 is 0 Å². The van der Waals surface area contributed by atoms with Crippen LogP contribution in [-0.2, 0) is 22.4 Å². The standard InChI is InChI=1S/C28H31FN2O2/c29-25-10-2-1-7-23(25)19-28(12-16-33-17-13-28)27(32)31-15-5-6-21(20-31)18-22-8-3-11-26-24(22)9-4-14-30-26/h1-4,7-11,14,21H,5-6,12-13,15-20H2. The molecule has 2 saturated heterocycles. The topological polar surface area (TPSA) is 42.4 Å². The summed E-state index contributed by atoms with van der Waals surface area (Å²) in [6.07, 6.45) is 6.63. The first-order valence-electron chi connectivity index (χ1n) is 12.1. The van der Waals surface area contributed by atoms with Crippen molar-refractivity contribution in [1.82, 2.24) is 9.88 Å². The van der Waals surface area contributed by atoms with Gasteiger partial charge >= 0.3 is 0 Å². The molecular formula is C28H31FN2O2. The van der Waals surface area contributed by atoms with Crippen molar-refractivity contribution < 1.29 is 13.9 Å². The molecule has 33 heavy (non-hydrogen) atoms. The largest absolute Gasteiger partial charge is 0.381 e. The Hall–Kier alpha value is -2.79. The van der Waals surface area contributed by atoms with E-state index < -0.39 is 5.41 Å². The molecule has 4 nitrogen and oxygen atoms in total. The highest BCUT2D eigenvalue weighted by Crippen LogP contribution is 2.38. The number of aromatic nitrogens is 1. The van der Waals surface area contributed by atoms with Crippen LogP contribution in [0.1, 0.15) is 36.8 Å². The van der Waals surface area contributed by atoms with Crippen LogP contribution in [0.15, 0.2) is 60.8 Å². The fourth-order valence-corrected chi connectivity index (χ4v) is 5.64. The zero-order valence-electron chi connectivity index (χ0n) is 19.0. The van der Waals surface area contributed by atoms with Gasteiger partial charge in [-0.1, -0.05) is 36.4 Å². The van der Waals surface area contributed by atoms with Crippen LogP contribution in [0.25, 0.3) is 10.9 Å². The molecule has 5 heteroatoms. The Balaban J connectivity index is 1.35. The molecule has 2 fully saturated rings. The number of carbonyl (C=O) groups excluding carboxylic acids is 1. The van der Waals surface area contributed by atoms with Gasteiger partial charge in [-0.25, -0.2) is 4.39 Å². The number of fused-ring (bicyclic) bond motifs is 1. The van der Waals surface area contributed by atoms with E-state index in [-0.39, 0.29) is 11.7 Å². The second kappa shape index (κ2) is 9.60. The number of likely N-dealkylation sites (tertiary alicyclic amines) is 1. The number of rotatable bonds is 5. The van der Waals surface area contributed by atoms with Gasteiger partial charge in [-0.15, -0.1) is 0 Å². The first-order valence-corrected chi connectivity index (χ1v) is 12.1. The zero-order valence-corrected chi connectivity index (χ0v) is 19.0. The van der Waals surface area contributed by atoms with Crippen LogP contribution in [0.2, 0.25) is 0 Å². The third-order valence-electron chi connectivity index (χ3n) is 7.44. The van der Waals surface area contributed by atoms with Crippen molar-refractivity contribution >= 4 is 16.8 Å². The Morgan fingerprint density at radius 1 is 1.06 bits per heavy atom. The normalized spacial score (nSPS) is 20.6. The molecule has 3 heterocycles. The maximum absolute atomic E-state index is 14.5. The number of carbonyl (C=O) groups is 1. The van der Waals surface area contributed by atoms with Crippen LogP contribution in [0.3, 0.4) is 0 Å². The molecule has 2 aliphatic heterocycles. The third kappa shape index (κ3) is 4.65. The van der Waals surface area contributed by atoms with E-state index in [0.29, 0.717) is 44.0 Å². The molecule has 3 aromatic rings. The lowest BCUT2D eigenvalue weighted by molar-refractivity contribution is -0.150. The third-order valence-corrected chi connectivity index (χ3v) is 7.44. The lowest BCUT2D eigenvalue weighted by Crippen LogP contribution is -2.51. The maximum Gasteiger partial charge on any atom is 0.229 e.